The molecule has 4 saturated carbocycles. The van der Waals surface area contributed by atoms with Crippen molar-refractivity contribution >= 4 is 5.91 Å². The van der Waals surface area contributed by atoms with Crippen LogP contribution in [0.3, 0.4) is 0 Å². The van der Waals surface area contributed by atoms with Crippen molar-refractivity contribution in [1.82, 2.24) is 15.1 Å². The van der Waals surface area contributed by atoms with E-state index >= 15 is 0 Å². The summed E-state index contributed by atoms with van der Waals surface area (Å²) in [6.45, 7) is 4.10. The summed E-state index contributed by atoms with van der Waals surface area (Å²) in [6.07, 6.45) is 9.55. The molecule has 1 N–H and O–H groups in total. The molecule has 0 spiro atoms. The van der Waals surface area contributed by atoms with Gasteiger partial charge in [0.2, 0.25) is 5.91 Å². The van der Waals surface area contributed by atoms with Crippen LogP contribution in [0.25, 0.3) is 0 Å². The van der Waals surface area contributed by atoms with Crippen molar-refractivity contribution in [1.29, 1.82) is 0 Å². The van der Waals surface area contributed by atoms with Crippen LogP contribution in [0.15, 0.2) is 6.20 Å². The fraction of sp³-hybridized carbons (Fsp3) is 0.778. The van der Waals surface area contributed by atoms with Crippen LogP contribution >= 0.6 is 0 Å². The first kappa shape index (κ1) is 14.3. The Morgan fingerprint density at radius 3 is 2.27 bits per heavy atom. The van der Waals surface area contributed by atoms with E-state index in [2.05, 4.69) is 17.3 Å². The number of nitrogens with one attached hydrogen (secondary N) is 1. The van der Waals surface area contributed by atoms with Crippen molar-refractivity contribution in [2.45, 2.75) is 58.4 Å². The molecule has 0 aliphatic heterocycles. The maximum Gasteiger partial charge on any atom is 0.226 e. The number of carbonyl (C=O) groups excluding carboxylic acids is 1. The minimum Gasteiger partial charge on any atom is -0.349 e. The topological polar surface area (TPSA) is 46.9 Å². The van der Waals surface area contributed by atoms with E-state index in [9.17, 15) is 4.79 Å². The van der Waals surface area contributed by atoms with Gasteiger partial charge in [0, 0.05) is 24.2 Å². The van der Waals surface area contributed by atoms with Crippen LogP contribution in [-0.2, 0) is 11.8 Å². The van der Waals surface area contributed by atoms with E-state index in [0.29, 0.717) is 5.91 Å². The summed E-state index contributed by atoms with van der Waals surface area (Å²) in [5.41, 5.74) is 2.10. The molecule has 0 unspecified atom stereocenters. The Hall–Kier alpha value is -1.32. The molecule has 4 fully saturated rings. The highest BCUT2D eigenvalue weighted by atomic mass is 16.2. The molecular weight excluding hydrogens is 274 g/mol. The predicted octanol–water partition coefficient (Wildman–Crippen LogP) is 3.12. The van der Waals surface area contributed by atoms with Gasteiger partial charge >= 0.3 is 0 Å². The molecule has 0 aromatic carbocycles. The molecule has 4 bridgehead atoms. The van der Waals surface area contributed by atoms with Crippen molar-refractivity contribution in [3.8, 4) is 0 Å². The van der Waals surface area contributed by atoms with Gasteiger partial charge in [-0.1, -0.05) is 0 Å². The molecule has 0 radical (unpaired) electrons. The Bertz CT molecular complexity index is 568. The molecule has 5 rings (SSSR count). The van der Waals surface area contributed by atoms with Crippen molar-refractivity contribution in [2.24, 2.45) is 30.2 Å². The molecule has 4 aliphatic rings. The Kier molecular flexibility index (Phi) is 3.14. The minimum absolute atomic E-state index is 0.0502. The second kappa shape index (κ2) is 4.84. The average molecular weight is 301 g/mol. The third kappa shape index (κ3) is 2.19. The zero-order chi connectivity index (χ0) is 15.5. The third-order valence-electron chi connectivity index (χ3n) is 6.39. The number of nitrogens with zero attached hydrogens (tertiary/aromatic N) is 2. The first-order valence-electron chi connectivity index (χ1n) is 8.76. The summed E-state index contributed by atoms with van der Waals surface area (Å²) in [4.78, 5) is 13.1. The SMILES string of the molecule is Cc1nn(C)cc1[C@H](C)NC(=O)C12CC3CC(CC(C3)C1)C2. The fourth-order valence-corrected chi connectivity index (χ4v) is 5.86. The number of hydrogen-bond acceptors (Lipinski definition) is 2. The van der Waals surface area contributed by atoms with E-state index in [1.54, 1.807) is 0 Å². The molecule has 4 aliphatic carbocycles. The maximum atomic E-state index is 13.1. The molecular formula is C18H27N3O. The Morgan fingerprint density at radius 2 is 1.82 bits per heavy atom. The summed E-state index contributed by atoms with van der Waals surface area (Å²) in [6, 6.07) is 0.0502. The molecule has 1 aromatic heterocycles. The van der Waals surface area contributed by atoms with Crippen molar-refractivity contribution in [3.05, 3.63) is 17.5 Å². The van der Waals surface area contributed by atoms with E-state index in [-0.39, 0.29) is 11.5 Å². The monoisotopic (exact) mass is 301 g/mol. The largest absolute Gasteiger partial charge is 0.349 e. The smallest absolute Gasteiger partial charge is 0.226 e. The van der Waals surface area contributed by atoms with Crippen LogP contribution < -0.4 is 5.32 Å². The van der Waals surface area contributed by atoms with Gasteiger partial charge in [0.05, 0.1) is 11.7 Å². The number of hydrogen-bond donors (Lipinski definition) is 1. The lowest BCUT2D eigenvalue weighted by atomic mass is 9.49. The molecule has 1 atom stereocenters. The molecule has 1 heterocycles. The van der Waals surface area contributed by atoms with Crippen LogP contribution in [0.4, 0.5) is 0 Å². The number of aryl methyl sites for hydroxylation is 2. The van der Waals surface area contributed by atoms with Crippen molar-refractivity contribution in [2.75, 3.05) is 0 Å². The van der Waals surface area contributed by atoms with E-state index in [0.717, 1.165) is 48.3 Å². The van der Waals surface area contributed by atoms with Gasteiger partial charge in [-0.2, -0.15) is 5.10 Å². The number of rotatable bonds is 3. The van der Waals surface area contributed by atoms with Gasteiger partial charge in [-0.25, -0.2) is 0 Å². The third-order valence-corrected chi connectivity index (χ3v) is 6.39. The van der Waals surface area contributed by atoms with Gasteiger partial charge in [-0.15, -0.1) is 0 Å². The quantitative estimate of drug-likeness (QED) is 0.932. The van der Waals surface area contributed by atoms with Gasteiger partial charge in [0.25, 0.3) is 0 Å². The maximum absolute atomic E-state index is 13.1. The molecule has 4 nitrogen and oxygen atoms in total. The molecule has 4 heteroatoms. The summed E-state index contributed by atoms with van der Waals surface area (Å²) < 4.78 is 1.83. The zero-order valence-electron chi connectivity index (χ0n) is 13.9. The lowest BCUT2D eigenvalue weighted by Crippen LogP contribution is -2.53. The highest BCUT2D eigenvalue weighted by molar-refractivity contribution is 5.83. The van der Waals surface area contributed by atoms with Gasteiger partial charge < -0.3 is 5.32 Å². The lowest BCUT2D eigenvalue weighted by molar-refractivity contribution is -0.147. The first-order chi connectivity index (χ1) is 10.4. The number of carbonyl (C=O) groups is 1. The number of aromatic nitrogens is 2. The van der Waals surface area contributed by atoms with E-state index in [4.69, 9.17) is 0 Å². The van der Waals surface area contributed by atoms with Gasteiger partial charge in [-0.3, -0.25) is 9.48 Å². The van der Waals surface area contributed by atoms with Crippen LogP contribution in [-0.4, -0.2) is 15.7 Å². The van der Waals surface area contributed by atoms with Crippen LogP contribution in [0.2, 0.25) is 0 Å². The van der Waals surface area contributed by atoms with E-state index in [1.807, 2.05) is 24.9 Å². The van der Waals surface area contributed by atoms with Gasteiger partial charge in [0.15, 0.2) is 0 Å². The molecule has 120 valence electrons. The van der Waals surface area contributed by atoms with Gasteiger partial charge in [0.1, 0.15) is 0 Å². The van der Waals surface area contributed by atoms with Crippen molar-refractivity contribution < 1.29 is 4.79 Å². The Morgan fingerprint density at radius 1 is 1.27 bits per heavy atom. The summed E-state index contributed by atoms with van der Waals surface area (Å²) in [5.74, 6) is 2.75. The average Bonchev–Trinajstić information content (AvgIpc) is 2.76. The molecule has 0 saturated heterocycles. The predicted molar refractivity (Wildman–Crippen MR) is 85.1 cm³/mol. The number of amides is 1. The summed E-state index contributed by atoms with van der Waals surface area (Å²) in [5, 5.41) is 7.71. The molecule has 1 amide bonds. The highest BCUT2D eigenvalue weighted by Gasteiger charge is 2.54. The summed E-state index contributed by atoms with van der Waals surface area (Å²) >= 11 is 0. The highest BCUT2D eigenvalue weighted by Crippen LogP contribution is 2.60. The van der Waals surface area contributed by atoms with Crippen molar-refractivity contribution in [3.63, 3.8) is 0 Å². The molecule has 22 heavy (non-hydrogen) atoms. The minimum atomic E-state index is -0.0564. The van der Waals surface area contributed by atoms with Crippen LogP contribution in [0, 0.1) is 30.1 Å². The normalized spacial score (nSPS) is 37.3. The van der Waals surface area contributed by atoms with Crippen LogP contribution in [0.1, 0.15) is 62.7 Å². The zero-order valence-corrected chi connectivity index (χ0v) is 13.9. The van der Waals surface area contributed by atoms with E-state index < -0.39 is 0 Å². The Labute approximate surface area is 132 Å². The summed E-state index contributed by atoms with van der Waals surface area (Å²) in [7, 11) is 1.93. The second-order valence-corrected chi connectivity index (χ2v) is 8.24. The first-order valence-corrected chi connectivity index (χ1v) is 8.76. The lowest BCUT2D eigenvalue weighted by Gasteiger charge is -2.55. The molecule has 1 aromatic rings. The Balaban J connectivity index is 1.51. The second-order valence-electron chi connectivity index (χ2n) is 8.24. The van der Waals surface area contributed by atoms with Crippen LogP contribution in [0.5, 0.6) is 0 Å². The standard InChI is InChI=1S/C18H27N3O/c1-11(16-10-21(3)20-12(16)2)19-17(22)18-7-13-4-14(8-18)6-15(5-13)9-18/h10-11,13-15H,4-9H2,1-3H3,(H,19,22)/t11-,13?,14?,15?,18?/m0/s1. The van der Waals surface area contributed by atoms with Gasteiger partial charge in [-0.05, 0) is 70.1 Å². The van der Waals surface area contributed by atoms with E-state index in [1.165, 1.54) is 19.3 Å². The fourth-order valence-electron chi connectivity index (χ4n) is 5.86.